The fourth-order valence-electron chi connectivity index (χ4n) is 2.40. The molecular formula is C20H18ClN3O4S. The molecule has 1 aromatic heterocycles. The molecule has 3 aromatic rings. The van der Waals surface area contributed by atoms with Gasteiger partial charge in [-0.3, -0.25) is 9.59 Å². The molecule has 0 aliphatic carbocycles. The summed E-state index contributed by atoms with van der Waals surface area (Å²) >= 11 is 7.17. The molecule has 0 saturated carbocycles. The van der Waals surface area contributed by atoms with E-state index in [0.717, 1.165) is 0 Å². The molecular weight excluding hydrogens is 414 g/mol. The number of thiazole rings is 1. The van der Waals surface area contributed by atoms with E-state index in [0.29, 0.717) is 32.9 Å². The van der Waals surface area contributed by atoms with Crippen LogP contribution >= 0.6 is 22.9 Å². The van der Waals surface area contributed by atoms with E-state index in [-0.39, 0.29) is 18.2 Å². The van der Waals surface area contributed by atoms with Crippen molar-refractivity contribution in [2.75, 3.05) is 17.7 Å². The van der Waals surface area contributed by atoms with Gasteiger partial charge in [0.15, 0.2) is 0 Å². The molecule has 0 bridgehead atoms. The summed E-state index contributed by atoms with van der Waals surface area (Å²) in [5, 5.41) is 8.35. The summed E-state index contributed by atoms with van der Waals surface area (Å²) in [5.41, 5.74) is 1.13. The summed E-state index contributed by atoms with van der Waals surface area (Å²) < 4.78 is 10.8. The molecule has 2 N–H and O–H groups in total. The zero-order valence-corrected chi connectivity index (χ0v) is 17.3. The van der Waals surface area contributed by atoms with Crippen molar-refractivity contribution in [1.29, 1.82) is 0 Å². The molecule has 150 valence electrons. The van der Waals surface area contributed by atoms with Gasteiger partial charge in [0.25, 0.3) is 5.91 Å². The van der Waals surface area contributed by atoms with Crippen LogP contribution in [0, 0.1) is 0 Å². The lowest BCUT2D eigenvalue weighted by Gasteiger charge is -2.12. The Bertz CT molecular complexity index is 1020. The van der Waals surface area contributed by atoms with E-state index in [1.165, 1.54) is 25.4 Å². The molecule has 3 rings (SSSR count). The van der Waals surface area contributed by atoms with Gasteiger partial charge in [0, 0.05) is 23.4 Å². The third-order valence-electron chi connectivity index (χ3n) is 3.75. The van der Waals surface area contributed by atoms with E-state index >= 15 is 0 Å². The SMILES string of the molecule is COc1ccc(NC(C)=O)c(NC(=O)c2csc(COc3ccc(Cl)cc3)n2)c1. The van der Waals surface area contributed by atoms with Gasteiger partial charge in [0.1, 0.15) is 28.8 Å². The van der Waals surface area contributed by atoms with Crippen molar-refractivity contribution < 1.29 is 19.1 Å². The number of halogens is 1. The normalized spacial score (nSPS) is 10.3. The first-order chi connectivity index (χ1) is 13.9. The number of hydrogen-bond acceptors (Lipinski definition) is 6. The Labute approximate surface area is 176 Å². The summed E-state index contributed by atoms with van der Waals surface area (Å²) in [7, 11) is 1.52. The maximum Gasteiger partial charge on any atom is 0.275 e. The number of nitrogens with zero attached hydrogens (tertiary/aromatic N) is 1. The van der Waals surface area contributed by atoms with Gasteiger partial charge in [-0.25, -0.2) is 4.98 Å². The summed E-state index contributed by atoms with van der Waals surface area (Å²) in [6.07, 6.45) is 0. The molecule has 7 nitrogen and oxygen atoms in total. The molecule has 0 aliphatic rings. The van der Waals surface area contributed by atoms with E-state index < -0.39 is 5.91 Å². The highest BCUT2D eigenvalue weighted by molar-refractivity contribution is 7.09. The van der Waals surface area contributed by atoms with Crippen LogP contribution in [-0.2, 0) is 11.4 Å². The van der Waals surface area contributed by atoms with Crippen LogP contribution in [0.1, 0.15) is 22.4 Å². The van der Waals surface area contributed by atoms with E-state index in [2.05, 4.69) is 15.6 Å². The summed E-state index contributed by atoms with van der Waals surface area (Å²) in [4.78, 5) is 28.3. The maximum atomic E-state index is 12.6. The van der Waals surface area contributed by atoms with E-state index in [1.807, 2.05) is 0 Å². The van der Waals surface area contributed by atoms with Crippen molar-refractivity contribution >= 4 is 46.1 Å². The number of methoxy groups -OCH3 is 1. The predicted octanol–water partition coefficient (Wildman–Crippen LogP) is 4.59. The number of benzene rings is 2. The number of carbonyl (C=O) groups excluding carboxylic acids is 2. The first-order valence-corrected chi connectivity index (χ1v) is 9.80. The smallest absolute Gasteiger partial charge is 0.275 e. The molecule has 2 aromatic carbocycles. The van der Waals surface area contributed by atoms with Crippen LogP contribution in [0.15, 0.2) is 47.8 Å². The molecule has 0 spiro atoms. The van der Waals surface area contributed by atoms with Gasteiger partial charge in [-0.05, 0) is 36.4 Å². The molecule has 0 atom stereocenters. The quantitative estimate of drug-likeness (QED) is 0.570. The van der Waals surface area contributed by atoms with Crippen molar-refractivity contribution in [1.82, 2.24) is 4.98 Å². The second kappa shape index (κ2) is 9.40. The van der Waals surface area contributed by atoms with Crippen LogP contribution in [0.25, 0.3) is 0 Å². The molecule has 1 heterocycles. The molecule has 0 aliphatic heterocycles. The van der Waals surface area contributed by atoms with E-state index in [4.69, 9.17) is 21.1 Å². The fourth-order valence-corrected chi connectivity index (χ4v) is 3.21. The summed E-state index contributed by atoms with van der Waals surface area (Å²) in [5.74, 6) is 0.552. The van der Waals surface area contributed by atoms with Crippen molar-refractivity contribution in [2.45, 2.75) is 13.5 Å². The maximum absolute atomic E-state index is 12.6. The number of amides is 2. The van der Waals surface area contributed by atoms with Gasteiger partial charge in [-0.1, -0.05) is 11.6 Å². The Morgan fingerprint density at radius 1 is 1.07 bits per heavy atom. The van der Waals surface area contributed by atoms with Crippen LogP contribution in [0.5, 0.6) is 11.5 Å². The van der Waals surface area contributed by atoms with Gasteiger partial charge < -0.3 is 20.1 Å². The molecule has 0 radical (unpaired) electrons. The number of ether oxygens (including phenoxy) is 2. The third-order valence-corrected chi connectivity index (χ3v) is 4.82. The first kappa shape index (κ1) is 20.6. The Balaban J connectivity index is 1.68. The highest BCUT2D eigenvalue weighted by atomic mass is 35.5. The second-order valence-electron chi connectivity index (χ2n) is 5.92. The van der Waals surface area contributed by atoms with Crippen LogP contribution < -0.4 is 20.1 Å². The molecule has 29 heavy (non-hydrogen) atoms. The lowest BCUT2D eigenvalue weighted by molar-refractivity contribution is -0.114. The van der Waals surface area contributed by atoms with Crippen molar-refractivity contribution in [3.63, 3.8) is 0 Å². The van der Waals surface area contributed by atoms with Crippen LogP contribution in [-0.4, -0.2) is 23.9 Å². The summed E-state index contributed by atoms with van der Waals surface area (Å²) in [6, 6.07) is 12.0. The zero-order chi connectivity index (χ0) is 20.8. The lowest BCUT2D eigenvalue weighted by Crippen LogP contribution is -2.15. The van der Waals surface area contributed by atoms with E-state index in [1.54, 1.807) is 47.8 Å². The van der Waals surface area contributed by atoms with Gasteiger partial charge >= 0.3 is 0 Å². The molecule has 2 amide bonds. The second-order valence-corrected chi connectivity index (χ2v) is 7.29. The molecule has 0 fully saturated rings. The number of aromatic nitrogens is 1. The highest BCUT2D eigenvalue weighted by Crippen LogP contribution is 2.28. The summed E-state index contributed by atoms with van der Waals surface area (Å²) in [6.45, 7) is 1.62. The van der Waals surface area contributed by atoms with Crippen LogP contribution in [0.4, 0.5) is 11.4 Å². The van der Waals surface area contributed by atoms with Gasteiger partial charge in [0.2, 0.25) is 5.91 Å². The Hall–Kier alpha value is -3.10. The average Bonchev–Trinajstić information content (AvgIpc) is 3.18. The minimum Gasteiger partial charge on any atom is -0.497 e. The standard InChI is InChI=1S/C20H18ClN3O4S/c1-12(25)22-16-8-7-15(27-2)9-17(16)24-20(26)18-11-29-19(23-18)10-28-14-5-3-13(21)4-6-14/h3-9,11H,10H2,1-2H3,(H,22,25)(H,24,26). The topological polar surface area (TPSA) is 89.6 Å². The first-order valence-electron chi connectivity index (χ1n) is 8.54. The predicted molar refractivity (Wildman–Crippen MR) is 113 cm³/mol. The van der Waals surface area contributed by atoms with E-state index in [9.17, 15) is 9.59 Å². The lowest BCUT2D eigenvalue weighted by atomic mass is 10.2. The average molecular weight is 432 g/mol. The zero-order valence-electron chi connectivity index (χ0n) is 15.7. The van der Waals surface area contributed by atoms with Crippen molar-refractivity contribution in [3.05, 3.63) is 63.6 Å². The number of hydrogen-bond donors (Lipinski definition) is 2. The van der Waals surface area contributed by atoms with Gasteiger partial charge in [-0.2, -0.15) is 0 Å². The number of anilines is 2. The highest BCUT2D eigenvalue weighted by Gasteiger charge is 2.15. The van der Waals surface area contributed by atoms with Crippen LogP contribution in [0.3, 0.4) is 0 Å². The fraction of sp³-hybridized carbons (Fsp3) is 0.150. The Morgan fingerprint density at radius 3 is 2.48 bits per heavy atom. The monoisotopic (exact) mass is 431 g/mol. The minimum absolute atomic E-state index is 0.232. The van der Waals surface area contributed by atoms with Crippen LogP contribution in [0.2, 0.25) is 5.02 Å². The van der Waals surface area contributed by atoms with Crippen molar-refractivity contribution in [3.8, 4) is 11.5 Å². The largest absolute Gasteiger partial charge is 0.497 e. The minimum atomic E-state index is -0.404. The molecule has 9 heteroatoms. The number of rotatable bonds is 7. The third kappa shape index (κ3) is 5.69. The molecule has 0 saturated heterocycles. The van der Waals surface area contributed by atoms with Crippen molar-refractivity contribution in [2.24, 2.45) is 0 Å². The molecule has 0 unspecified atom stereocenters. The van der Waals surface area contributed by atoms with Gasteiger partial charge in [0.05, 0.1) is 18.5 Å². The Morgan fingerprint density at radius 2 is 1.79 bits per heavy atom. The number of carbonyl (C=O) groups is 2. The Kier molecular flexibility index (Phi) is 6.69. The number of nitrogens with one attached hydrogen (secondary N) is 2. The van der Waals surface area contributed by atoms with Gasteiger partial charge in [-0.15, -0.1) is 11.3 Å².